The lowest BCUT2D eigenvalue weighted by atomic mass is 10.2. The van der Waals surface area contributed by atoms with E-state index in [2.05, 4.69) is 4.90 Å². The van der Waals surface area contributed by atoms with Gasteiger partial charge in [-0.25, -0.2) is 0 Å². The number of hydrogen-bond acceptors (Lipinski definition) is 5. The topological polar surface area (TPSA) is 49.8 Å². The Kier molecular flexibility index (Phi) is 6.02. The zero-order chi connectivity index (χ0) is 17.6. The summed E-state index contributed by atoms with van der Waals surface area (Å²) in [6.07, 6.45) is 1.70. The third kappa shape index (κ3) is 4.37. The molecule has 3 aromatic rings. The summed E-state index contributed by atoms with van der Waals surface area (Å²) >= 11 is 1.63. The molecular formula is C20H23NO3S. The molecule has 0 unspecified atom stereocenters. The summed E-state index contributed by atoms with van der Waals surface area (Å²) in [5, 5.41) is 10.3. The van der Waals surface area contributed by atoms with E-state index in [9.17, 15) is 4.79 Å². The molecule has 1 heterocycles. The van der Waals surface area contributed by atoms with Crippen LogP contribution in [0.4, 0.5) is 0 Å². The molecule has 3 rings (SSSR count). The van der Waals surface area contributed by atoms with Crippen molar-refractivity contribution in [2.75, 3.05) is 33.4 Å². The minimum absolute atomic E-state index is 0.0681. The Morgan fingerprint density at radius 2 is 1.80 bits per heavy atom. The van der Waals surface area contributed by atoms with Crippen molar-refractivity contribution in [3.05, 3.63) is 52.7 Å². The predicted octanol–water partition coefficient (Wildman–Crippen LogP) is 3.50. The first kappa shape index (κ1) is 17.9. The van der Waals surface area contributed by atoms with Gasteiger partial charge in [-0.15, -0.1) is 11.3 Å². The molecule has 0 radical (unpaired) electrons. The minimum atomic E-state index is 0.0681. The van der Waals surface area contributed by atoms with Crippen LogP contribution in [0.1, 0.15) is 12.8 Å². The maximum atomic E-state index is 12.7. The van der Waals surface area contributed by atoms with Crippen molar-refractivity contribution < 1.29 is 9.84 Å². The SMILES string of the molecule is CN(CCCO)CCCOc1ccc2sc3ccccc3c(=O)c2c1. The summed E-state index contributed by atoms with van der Waals surface area (Å²) in [6, 6.07) is 13.5. The average molecular weight is 357 g/mol. The van der Waals surface area contributed by atoms with Crippen molar-refractivity contribution in [3.8, 4) is 5.75 Å². The van der Waals surface area contributed by atoms with E-state index in [0.717, 1.165) is 51.9 Å². The molecular weight excluding hydrogens is 334 g/mol. The molecule has 0 aliphatic carbocycles. The van der Waals surface area contributed by atoms with Crippen molar-refractivity contribution >= 4 is 31.5 Å². The van der Waals surface area contributed by atoms with Gasteiger partial charge in [0.1, 0.15) is 5.75 Å². The average Bonchev–Trinajstić information content (AvgIpc) is 2.64. The zero-order valence-electron chi connectivity index (χ0n) is 14.4. The van der Waals surface area contributed by atoms with E-state index in [1.165, 1.54) is 0 Å². The Balaban J connectivity index is 1.68. The highest BCUT2D eigenvalue weighted by molar-refractivity contribution is 7.24. The van der Waals surface area contributed by atoms with Crippen LogP contribution in [0.25, 0.3) is 20.2 Å². The lowest BCUT2D eigenvalue weighted by molar-refractivity contribution is 0.231. The van der Waals surface area contributed by atoms with Crippen molar-refractivity contribution in [1.29, 1.82) is 0 Å². The standard InChI is InChI=1S/C20H23NO3S/c1-21(10-4-12-22)11-5-13-24-15-8-9-19-17(14-15)20(23)16-6-2-3-7-18(16)25-19/h2-3,6-9,14,22H,4-5,10-13H2,1H3. The molecule has 0 aliphatic heterocycles. The third-order valence-electron chi connectivity index (χ3n) is 4.20. The highest BCUT2D eigenvalue weighted by atomic mass is 32.1. The second kappa shape index (κ2) is 8.43. The van der Waals surface area contributed by atoms with Gasteiger partial charge in [0.25, 0.3) is 0 Å². The van der Waals surface area contributed by atoms with Crippen LogP contribution in [0.15, 0.2) is 47.3 Å². The molecule has 1 aromatic heterocycles. The highest BCUT2D eigenvalue weighted by Gasteiger charge is 2.07. The van der Waals surface area contributed by atoms with Gasteiger partial charge in [-0.3, -0.25) is 4.79 Å². The minimum Gasteiger partial charge on any atom is -0.494 e. The Labute approximate surface area is 151 Å². The van der Waals surface area contributed by atoms with Gasteiger partial charge in [0.15, 0.2) is 5.43 Å². The van der Waals surface area contributed by atoms with Crippen LogP contribution >= 0.6 is 11.3 Å². The molecule has 1 N–H and O–H groups in total. The normalized spacial score (nSPS) is 11.5. The lowest BCUT2D eigenvalue weighted by Crippen LogP contribution is -2.23. The summed E-state index contributed by atoms with van der Waals surface area (Å²) in [5.41, 5.74) is 0.0681. The first-order chi connectivity index (χ1) is 12.2. The summed E-state index contributed by atoms with van der Waals surface area (Å²) in [7, 11) is 2.04. The Hall–Kier alpha value is -1.95. The maximum Gasteiger partial charge on any atom is 0.196 e. The number of hydrogen-bond donors (Lipinski definition) is 1. The second-order valence-electron chi connectivity index (χ2n) is 6.17. The molecule has 0 saturated heterocycles. The largest absolute Gasteiger partial charge is 0.494 e. The second-order valence-corrected chi connectivity index (χ2v) is 7.25. The zero-order valence-corrected chi connectivity index (χ0v) is 15.2. The highest BCUT2D eigenvalue weighted by Crippen LogP contribution is 2.27. The fraction of sp³-hybridized carbons (Fsp3) is 0.350. The number of ether oxygens (including phenoxy) is 1. The van der Waals surface area contributed by atoms with Gasteiger partial charge >= 0.3 is 0 Å². The molecule has 0 saturated carbocycles. The van der Waals surface area contributed by atoms with E-state index in [4.69, 9.17) is 9.84 Å². The number of nitrogens with zero attached hydrogens (tertiary/aromatic N) is 1. The van der Waals surface area contributed by atoms with Crippen LogP contribution in [0.2, 0.25) is 0 Å². The summed E-state index contributed by atoms with van der Waals surface area (Å²) in [6.45, 7) is 2.65. The number of benzene rings is 2. The molecule has 25 heavy (non-hydrogen) atoms. The Bertz CT molecular complexity index is 906. The van der Waals surface area contributed by atoms with Gasteiger partial charge in [-0.05, 0) is 50.2 Å². The lowest BCUT2D eigenvalue weighted by Gasteiger charge is -2.15. The monoisotopic (exact) mass is 357 g/mol. The first-order valence-electron chi connectivity index (χ1n) is 8.57. The Morgan fingerprint density at radius 3 is 2.64 bits per heavy atom. The van der Waals surface area contributed by atoms with E-state index in [1.54, 1.807) is 11.3 Å². The van der Waals surface area contributed by atoms with E-state index in [0.29, 0.717) is 6.61 Å². The van der Waals surface area contributed by atoms with Gasteiger partial charge in [-0.2, -0.15) is 0 Å². The van der Waals surface area contributed by atoms with Crippen molar-refractivity contribution in [2.45, 2.75) is 12.8 Å². The number of rotatable bonds is 8. The van der Waals surface area contributed by atoms with Crippen molar-refractivity contribution in [1.82, 2.24) is 4.90 Å². The van der Waals surface area contributed by atoms with Crippen LogP contribution in [-0.2, 0) is 0 Å². The van der Waals surface area contributed by atoms with Crippen LogP contribution in [-0.4, -0.2) is 43.4 Å². The Morgan fingerprint density at radius 1 is 1.04 bits per heavy atom. The summed E-state index contributed by atoms with van der Waals surface area (Å²) < 4.78 is 7.83. The molecule has 0 atom stereocenters. The molecule has 2 aromatic carbocycles. The van der Waals surface area contributed by atoms with E-state index in [-0.39, 0.29) is 12.0 Å². The molecule has 0 aliphatic rings. The maximum absolute atomic E-state index is 12.7. The molecule has 5 heteroatoms. The predicted molar refractivity (Wildman–Crippen MR) is 105 cm³/mol. The van der Waals surface area contributed by atoms with Gasteiger partial charge in [0, 0.05) is 39.9 Å². The quantitative estimate of drug-likeness (QED) is 0.495. The van der Waals surface area contributed by atoms with Crippen LogP contribution < -0.4 is 10.2 Å². The van der Waals surface area contributed by atoms with Crippen molar-refractivity contribution in [3.63, 3.8) is 0 Å². The smallest absolute Gasteiger partial charge is 0.196 e. The fourth-order valence-electron chi connectivity index (χ4n) is 2.85. The first-order valence-corrected chi connectivity index (χ1v) is 9.38. The van der Waals surface area contributed by atoms with E-state index in [1.807, 2.05) is 49.5 Å². The molecule has 0 bridgehead atoms. The van der Waals surface area contributed by atoms with Gasteiger partial charge < -0.3 is 14.7 Å². The van der Waals surface area contributed by atoms with Crippen molar-refractivity contribution in [2.24, 2.45) is 0 Å². The molecule has 4 nitrogen and oxygen atoms in total. The number of aliphatic hydroxyl groups excluding tert-OH is 1. The number of aliphatic hydroxyl groups is 1. The summed E-state index contributed by atoms with van der Waals surface area (Å²) in [4.78, 5) is 14.9. The van der Waals surface area contributed by atoms with Crippen LogP contribution in [0, 0.1) is 0 Å². The molecule has 132 valence electrons. The van der Waals surface area contributed by atoms with Crippen LogP contribution in [0.3, 0.4) is 0 Å². The molecule has 0 amide bonds. The molecule has 0 spiro atoms. The molecule has 0 fully saturated rings. The van der Waals surface area contributed by atoms with E-state index < -0.39 is 0 Å². The van der Waals surface area contributed by atoms with Gasteiger partial charge in [0.2, 0.25) is 0 Å². The van der Waals surface area contributed by atoms with E-state index >= 15 is 0 Å². The van der Waals surface area contributed by atoms with Crippen LogP contribution in [0.5, 0.6) is 5.75 Å². The number of fused-ring (bicyclic) bond motifs is 2. The third-order valence-corrected chi connectivity index (χ3v) is 5.35. The van der Waals surface area contributed by atoms with Gasteiger partial charge in [0.05, 0.1) is 6.61 Å². The van der Waals surface area contributed by atoms with Gasteiger partial charge in [-0.1, -0.05) is 12.1 Å². The fourth-order valence-corrected chi connectivity index (χ4v) is 3.90. The summed E-state index contributed by atoms with van der Waals surface area (Å²) in [5.74, 6) is 0.741.